The summed E-state index contributed by atoms with van der Waals surface area (Å²) in [5, 5.41) is 0. The summed E-state index contributed by atoms with van der Waals surface area (Å²) < 4.78 is 26.5. The molecule has 0 spiro atoms. The Bertz CT molecular complexity index is 244. The van der Waals surface area contributed by atoms with Gasteiger partial charge in [-0.25, -0.2) is 0 Å². The number of rotatable bonds is 5. The fourth-order valence-corrected chi connectivity index (χ4v) is 1.96. The summed E-state index contributed by atoms with van der Waals surface area (Å²) in [6, 6.07) is 0. The molecule has 0 saturated carbocycles. The summed E-state index contributed by atoms with van der Waals surface area (Å²) in [5.41, 5.74) is 0. The van der Waals surface area contributed by atoms with Gasteiger partial charge in [-0.05, 0) is 0 Å². The Hall–Kier alpha value is -0.690. The molecule has 6 heteroatoms. The molecule has 17 heavy (non-hydrogen) atoms. The van der Waals surface area contributed by atoms with E-state index < -0.39 is 12.2 Å². The van der Waals surface area contributed by atoms with Gasteiger partial charge < -0.3 is 23.7 Å². The number of hydrogen-bond acceptors (Lipinski definition) is 6. The first-order valence-electron chi connectivity index (χ1n) is 5.47. The Kier molecular flexibility index (Phi) is 5.84. The van der Waals surface area contributed by atoms with Gasteiger partial charge in [0.25, 0.3) is 0 Å². The molecule has 1 rings (SSSR count). The van der Waals surface area contributed by atoms with Crippen LogP contribution in [0.1, 0.15) is 6.92 Å². The van der Waals surface area contributed by atoms with Gasteiger partial charge in [0.2, 0.25) is 0 Å². The van der Waals surface area contributed by atoms with Crippen LogP contribution < -0.4 is 0 Å². The van der Waals surface area contributed by atoms with Gasteiger partial charge in [-0.3, -0.25) is 4.79 Å². The number of carbonyl (C=O) groups excluding carboxylic acids is 1. The van der Waals surface area contributed by atoms with E-state index in [4.69, 9.17) is 23.7 Å². The first-order valence-corrected chi connectivity index (χ1v) is 5.47. The van der Waals surface area contributed by atoms with Crippen LogP contribution in [0, 0.1) is 0 Å². The fourth-order valence-electron chi connectivity index (χ4n) is 1.96. The van der Waals surface area contributed by atoms with E-state index in [9.17, 15) is 4.79 Å². The van der Waals surface area contributed by atoms with E-state index >= 15 is 0 Å². The molecule has 1 fully saturated rings. The molecular formula is C11H20O6. The van der Waals surface area contributed by atoms with E-state index in [0.717, 1.165) is 0 Å². The standard InChI is InChI=1S/C11H20O6/c1-7(12)17-11-8(14-3)6-16-9(5-13-2)10(11)15-4/h8-11H,5-6H2,1-4H3/t8-,9-,10-,11+/m0/s1. The van der Waals surface area contributed by atoms with E-state index in [-0.39, 0.29) is 18.2 Å². The first-order chi connectivity index (χ1) is 8.13. The van der Waals surface area contributed by atoms with Gasteiger partial charge in [-0.2, -0.15) is 0 Å². The third kappa shape index (κ3) is 3.64. The zero-order chi connectivity index (χ0) is 12.8. The average molecular weight is 248 g/mol. The zero-order valence-corrected chi connectivity index (χ0v) is 10.7. The molecule has 100 valence electrons. The molecule has 1 heterocycles. The van der Waals surface area contributed by atoms with Crippen molar-refractivity contribution in [3.8, 4) is 0 Å². The minimum absolute atomic E-state index is 0.263. The van der Waals surface area contributed by atoms with Crippen LogP contribution in [0.3, 0.4) is 0 Å². The molecule has 0 aromatic rings. The SMILES string of the molecule is COC[C@@H]1OC[C@H](OC)[C@@H](OC(C)=O)[C@H]1OC. The Morgan fingerprint density at radius 2 is 1.94 bits per heavy atom. The van der Waals surface area contributed by atoms with Crippen molar-refractivity contribution < 1.29 is 28.5 Å². The average Bonchev–Trinajstić information content (AvgIpc) is 2.29. The van der Waals surface area contributed by atoms with Gasteiger partial charge in [0.1, 0.15) is 18.3 Å². The van der Waals surface area contributed by atoms with Crippen molar-refractivity contribution >= 4 is 5.97 Å². The fraction of sp³-hybridized carbons (Fsp3) is 0.909. The molecule has 0 bridgehead atoms. The van der Waals surface area contributed by atoms with Crippen LogP contribution in [0.2, 0.25) is 0 Å². The number of carbonyl (C=O) groups is 1. The second-order valence-electron chi connectivity index (χ2n) is 3.88. The van der Waals surface area contributed by atoms with Crippen LogP contribution in [0.25, 0.3) is 0 Å². The molecule has 0 aromatic carbocycles. The molecule has 1 aliphatic heterocycles. The van der Waals surface area contributed by atoms with Crippen molar-refractivity contribution in [3.63, 3.8) is 0 Å². The zero-order valence-electron chi connectivity index (χ0n) is 10.7. The lowest BCUT2D eigenvalue weighted by Gasteiger charge is -2.40. The van der Waals surface area contributed by atoms with Gasteiger partial charge in [0, 0.05) is 28.3 Å². The molecule has 0 N–H and O–H groups in total. The Morgan fingerprint density at radius 1 is 1.24 bits per heavy atom. The maximum atomic E-state index is 11.1. The van der Waals surface area contributed by atoms with Crippen molar-refractivity contribution in [1.29, 1.82) is 0 Å². The molecule has 4 atom stereocenters. The normalized spacial score (nSPS) is 33.4. The quantitative estimate of drug-likeness (QED) is 0.638. The Labute approximate surface area is 101 Å². The lowest BCUT2D eigenvalue weighted by Crippen LogP contribution is -2.57. The van der Waals surface area contributed by atoms with Crippen LogP contribution in [-0.4, -0.2) is 64.9 Å². The van der Waals surface area contributed by atoms with Gasteiger partial charge in [0.05, 0.1) is 13.2 Å². The number of hydrogen-bond donors (Lipinski definition) is 0. The van der Waals surface area contributed by atoms with Crippen LogP contribution in [0.4, 0.5) is 0 Å². The maximum Gasteiger partial charge on any atom is 0.303 e. The van der Waals surface area contributed by atoms with E-state index in [0.29, 0.717) is 13.2 Å². The Balaban J connectivity index is 2.76. The largest absolute Gasteiger partial charge is 0.457 e. The highest BCUT2D eigenvalue weighted by Gasteiger charge is 2.43. The van der Waals surface area contributed by atoms with E-state index in [1.165, 1.54) is 6.92 Å². The summed E-state index contributed by atoms with van der Waals surface area (Å²) in [6.45, 7) is 2.09. The lowest BCUT2D eigenvalue weighted by atomic mass is 10.00. The van der Waals surface area contributed by atoms with E-state index in [2.05, 4.69) is 0 Å². The van der Waals surface area contributed by atoms with Crippen molar-refractivity contribution in [1.82, 2.24) is 0 Å². The predicted octanol–water partition coefficient (Wildman–Crippen LogP) is -0.00670. The summed E-state index contributed by atoms with van der Waals surface area (Å²) in [5.74, 6) is -0.364. The van der Waals surface area contributed by atoms with Gasteiger partial charge in [-0.1, -0.05) is 0 Å². The summed E-state index contributed by atoms with van der Waals surface area (Å²) in [7, 11) is 4.68. The molecule has 0 radical (unpaired) electrons. The smallest absolute Gasteiger partial charge is 0.303 e. The molecule has 0 amide bonds. The molecule has 1 saturated heterocycles. The van der Waals surface area contributed by atoms with Crippen molar-refractivity contribution in [2.45, 2.75) is 31.3 Å². The molecule has 6 nitrogen and oxygen atoms in total. The number of methoxy groups -OCH3 is 3. The molecule has 0 aromatic heterocycles. The third-order valence-corrected chi connectivity index (χ3v) is 2.74. The lowest BCUT2D eigenvalue weighted by molar-refractivity contribution is -0.224. The molecule has 0 aliphatic carbocycles. The minimum atomic E-state index is -0.476. The topological polar surface area (TPSA) is 63.2 Å². The van der Waals surface area contributed by atoms with Gasteiger partial charge >= 0.3 is 5.97 Å². The summed E-state index contributed by atoms with van der Waals surface area (Å²) >= 11 is 0. The minimum Gasteiger partial charge on any atom is -0.457 e. The van der Waals surface area contributed by atoms with Crippen molar-refractivity contribution in [2.24, 2.45) is 0 Å². The maximum absolute atomic E-state index is 11.1. The highest BCUT2D eigenvalue weighted by molar-refractivity contribution is 5.66. The number of ether oxygens (including phenoxy) is 5. The third-order valence-electron chi connectivity index (χ3n) is 2.74. The van der Waals surface area contributed by atoms with Crippen LogP contribution >= 0.6 is 0 Å². The van der Waals surface area contributed by atoms with Crippen molar-refractivity contribution in [2.75, 3.05) is 34.5 Å². The Morgan fingerprint density at radius 3 is 2.41 bits per heavy atom. The first kappa shape index (κ1) is 14.4. The molecule has 0 unspecified atom stereocenters. The van der Waals surface area contributed by atoms with Crippen molar-refractivity contribution in [3.05, 3.63) is 0 Å². The molecular weight excluding hydrogens is 228 g/mol. The van der Waals surface area contributed by atoms with E-state index in [1.54, 1.807) is 21.3 Å². The monoisotopic (exact) mass is 248 g/mol. The highest BCUT2D eigenvalue weighted by atomic mass is 16.6. The summed E-state index contributed by atoms with van der Waals surface area (Å²) in [4.78, 5) is 11.1. The number of esters is 1. The van der Waals surface area contributed by atoms with Gasteiger partial charge in [0.15, 0.2) is 6.10 Å². The predicted molar refractivity (Wildman–Crippen MR) is 58.8 cm³/mol. The molecule has 1 aliphatic rings. The van der Waals surface area contributed by atoms with Crippen LogP contribution in [0.15, 0.2) is 0 Å². The second kappa shape index (κ2) is 6.90. The van der Waals surface area contributed by atoms with Crippen LogP contribution in [0.5, 0.6) is 0 Å². The van der Waals surface area contributed by atoms with Gasteiger partial charge in [-0.15, -0.1) is 0 Å². The summed E-state index contributed by atoms with van der Waals surface area (Å²) in [6.07, 6.45) is -1.45. The van der Waals surface area contributed by atoms with E-state index in [1.807, 2.05) is 0 Å². The highest BCUT2D eigenvalue weighted by Crippen LogP contribution is 2.23. The van der Waals surface area contributed by atoms with Crippen LogP contribution in [-0.2, 0) is 28.5 Å². The second-order valence-corrected chi connectivity index (χ2v) is 3.88.